The van der Waals surface area contributed by atoms with Crippen molar-refractivity contribution in [2.75, 3.05) is 25.0 Å². The summed E-state index contributed by atoms with van der Waals surface area (Å²) in [5.74, 6) is 0. The van der Waals surface area contributed by atoms with Crippen LogP contribution in [0.1, 0.15) is 12.8 Å². The second-order valence-electron chi connectivity index (χ2n) is 4.41. The van der Waals surface area contributed by atoms with E-state index >= 15 is 0 Å². The second-order valence-corrected chi connectivity index (χ2v) is 4.85. The van der Waals surface area contributed by atoms with Crippen LogP contribution in [0.4, 0.5) is 11.4 Å². The Morgan fingerprint density at radius 2 is 2.32 bits per heavy atom. The molecule has 19 heavy (non-hydrogen) atoms. The first-order valence-electron chi connectivity index (χ1n) is 6.23. The first kappa shape index (κ1) is 13.8. The van der Waals surface area contributed by atoms with Crippen LogP contribution in [0, 0.1) is 10.1 Å². The van der Waals surface area contributed by atoms with Crippen molar-refractivity contribution in [2.24, 2.45) is 0 Å². The Kier molecular flexibility index (Phi) is 4.76. The highest BCUT2D eigenvalue weighted by molar-refractivity contribution is 6.30. The molecule has 1 aromatic rings. The molecule has 2 N–H and O–H groups in total. The Morgan fingerprint density at radius 3 is 3.00 bits per heavy atom. The average molecular weight is 282 g/mol. The minimum absolute atomic E-state index is 0.0202. The summed E-state index contributed by atoms with van der Waals surface area (Å²) in [5.41, 5.74) is 1.93. The fourth-order valence-corrected chi connectivity index (χ4v) is 2.23. The fourth-order valence-electron chi connectivity index (χ4n) is 2.06. The van der Waals surface area contributed by atoms with Gasteiger partial charge in [0, 0.05) is 24.2 Å². The van der Waals surface area contributed by atoms with Crippen molar-refractivity contribution < 1.29 is 4.92 Å². The Labute approximate surface area is 116 Å². The van der Waals surface area contributed by atoms with Gasteiger partial charge in [-0.3, -0.25) is 10.1 Å². The van der Waals surface area contributed by atoms with Crippen molar-refractivity contribution in [1.29, 1.82) is 0 Å². The molecule has 102 valence electrons. The molecule has 1 aliphatic rings. The molecule has 1 aliphatic heterocycles. The molecule has 0 bridgehead atoms. The lowest BCUT2D eigenvalue weighted by Gasteiger charge is -2.14. The van der Waals surface area contributed by atoms with E-state index in [1.165, 1.54) is 11.6 Å². The molecule has 0 radical (unpaired) electrons. The number of nitro groups is 1. The van der Waals surface area contributed by atoms with E-state index in [9.17, 15) is 10.1 Å². The Morgan fingerprint density at radius 1 is 1.47 bits per heavy atom. The highest BCUT2D eigenvalue weighted by Crippen LogP contribution is 2.27. The van der Waals surface area contributed by atoms with E-state index < -0.39 is 4.92 Å². The average Bonchev–Trinajstić information content (AvgIpc) is 2.41. The van der Waals surface area contributed by atoms with Crippen molar-refractivity contribution in [3.8, 4) is 0 Å². The third kappa shape index (κ3) is 3.94. The zero-order valence-electron chi connectivity index (χ0n) is 10.5. The molecule has 0 aromatic heterocycles. The van der Waals surface area contributed by atoms with E-state index in [2.05, 4.69) is 16.7 Å². The van der Waals surface area contributed by atoms with Gasteiger partial charge in [-0.2, -0.15) is 0 Å². The summed E-state index contributed by atoms with van der Waals surface area (Å²) in [6, 6.07) is 4.67. The maximum absolute atomic E-state index is 10.9. The van der Waals surface area contributed by atoms with Gasteiger partial charge in [0.1, 0.15) is 5.69 Å². The molecule has 1 aromatic carbocycles. The number of halogens is 1. The monoisotopic (exact) mass is 281 g/mol. The van der Waals surface area contributed by atoms with E-state index in [4.69, 9.17) is 11.6 Å². The minimum atomic E-state index is -0.419. The van der Waals surface area contributed by atoms with Crippen LogP contribution in [-0.4, -0.2) is 24.6 Å². The van der Waals surface area contributed by atoms with E-state index in [1.54, 1.807) is 12.1 Å². The van der Waals surface area contributed by atoms with Crippen LogP contribution in [0.2, 0.25) is 5.02 Å². The zero-order chi connectivity index (χ0) is 13.7. The lowest BCUT2D eigenvalue weighted by Crippen LogP contribution is -2.21. The van der Waals surface area contributed by atoms with Crippen LogP contribution in [0.3, 0.4) is 0 Å². The number of nitrogens with zero attached hydrogens (tertiary/aromatic N) is 1. The first-order chi connectivity index (χ1) is 9.16. The standard InChI is InChI=1S/C13H16ClN3O2/c14-11-1-2-12(13(9-11)17(18)19)16-8-5-10-3-6-15-7-4-10/h1-3,9,15-16H,4-8H2. The van der Waals surface area contributed by atoms with Crippen molar-refractivity contribution in [1.82, 2.24) is 5.32 Å². The van der Waals surface area contributed by atoms with Gasteiger partial charge in [-0.15, -0.1) is 0 Å². The SMILES string of the molecule is O=[N+]([O-])c1cc(Cl)ccc1NCCC1=CCNCC1. The van der Waals surface area contributed by atoms with Crippen LogP contribution in [-0.2, 0) is 0 Å². The molecule has 0 saturated carbocycles. The fraction of sp³-hybridized carbons (Fsp3) is 0.385. The maximum atomic E-state index is 10.9. The molecule has 0 spiro atoms. The summed E-state index contributed by atoms with van der Waals surface area (Å²) in [5, 5.41) is 17.7. The van der Waals surface area contributed by atoms with Crippen LogP contribution in [0.15, 0.2) is 29.8 Å². The molecule has 6 heteroatoms. The Bertz CT molecular complexity index is 503. The molecule has 0 amide bonds. The summed E-state index contributed by atoms with van der Waals surface area (Å²) < 4.78 is 0. The number of rotatable bonds is 5. The molecular formula is C13H16ClN3O2. The van der Waals surface area contributed by atoms with E-state index in [-0.39, 0.29) is 5.69 Å². The summed E-state index contributed by atoms with van der Waals surface area (Å²) >= 11 is 5.77. The third-order valence-corrected chi connectivity index (χ3v) is 3.31. The zero-order valence-corrected chi connectivity index (χ0v) is 11.2. The largest absolute Gasteiger partial charge is 0.379 e. The predicted octanol–water partition coefficient (Wildman–Crippen LogP) is 2.97. The number of hydrogen-bond donors (Lipinski definition) is 2. The van der Waals surface area contributed by atoms with E-state index in [0.717, 1.165) is 25.9 Å². The van der Waals surface area contributed by atoms with Gasteiger partial charge in [0.2, 0.25) is 0 Å². The van der Waals surface area contributed by atoms with Gasteiger partial charge in [0.05, 0.1) is 4.92 Å². The molecule has 2 rings (SSSR count). The normalized spacial score (nSPS) is 14.9. The summed E-state index contributed by atoms with van der Waals surface area (Å²) in [7, 11) is 0. The summed E-state index contributed by atoms with van der Waals surface area (Å²) in [6.07, 6.45) is 4.13. The number of benzene rings is 1. The molecule has 0 aliphatic carbocycles. The molecule has 0 atom stereocenters. The third-order valence-electron chi connectivity index (χ3n) is 3.08. The van der Waals surface area contributed by atoms with Gasteiger partial charge >= 0.3 is 0 Å². The number of hydrogen-bond acceptors (Lipinski definition) is 4. The molecule has 0 fully saturated rings. The predicted molar refractivity (Wildman–Crippen MR) is 76.8 cm³/mol. The molecular weight excluding hydrogens is 266 g/mol. The van der Waals surface area contributed by atoms with Crippen LogP contribution < -0.4 is 10.6 Å². The van der Waals surface area contributed by atoms with Gasteiger partial charge in [0.25, 0.3) is 5.69 Å². The van der Waals surface area contributed by atoms with Gasteiger partial charge in [-0.05, 0) is 31.5 Å². The van der Waals surface area contributed by atoms with Gasteiger partial charge in [-0.1, -0.05) is 23.3 Å². The lowest BCUT2D eigenvalue weighted by atomic mass is 10.1. The molecule has 1 heterocycles. The van der Waals surface area contributed by atoms with Crippen LogP contribution in [0.25, 0.3) is 0 Å². The van der Waals surface area contributed by atoms with Crippen LogP contribution >= 0.6 is 11.6 Å². The highest BCUT2D eigenvalue weighted by Gasteiger charge is 2.13. The molecule has 0 unspecified atom stereocenters. The summed E-state index contributed by atoms with van der Waals surface area (Å²) in [4.78, 5) is 10.5. The van der Waals surface area contributed by atoms with Gasteiger partial charge < -0.3 is 10.6 Å². The number of nitrogens with one attached hydrogen (secondary N) is 2. The maximum Gasteiger partial charge on any atom is 0.293 e. The molecule has 5 nitrogen and oxygen atoms in total. The smallest absolute Gasteiger partial charge is 0.293 e. The topological polar surface area (TPSA) is 67.2 Å². The van der Waals surface area contributed by atoms with Crippen molar-refractivity contribution in [2.45, 2.75) is 12.8 Å². The first-order valence-corrected chi connectivity index (χ1v) is 6.61. The Balaban J connectivity index is 1.95. The van der Waals surface area contributed by atoms with E-state index in [0.29, 0.717) is 17.3 Å². The van der Waals surface area contributed by atoms with Crippen molar-refractivity contribution in [3.63, 3.8) is 0 Å². The highest BCUT2D eigenvalue weighted by atomic mass is 35.5. The lowest BCUT2D eigenvalue weighted by molar-refractivity contribution is -0.383. The summed E-state index contributed by atoms with van der Waals surface area (Å²) in [6.45, 7) is 2.61. The number of anilines is 1. The van der Waals surface area contributed by atoms with Gasteiger partial charge in [0.15, 0.2) is 0 Å². The van der Waals surface area contributed by atoms with Crippen LogP contribution in [0.5, 0.6) is 0 Å². The molecule has 0 saturated heterocycles. The number of nitro benzene ring substituents is 1. The van der Waals surface area contributed by atoms with Crippen molar-refractivity contribution in [3.05, 3.63) is 45.0 Å². The van der Waals surface area contributed by atoms with E-state index in [1.807, 2.05) is 0 Å². The van der Waals surface area contributed by atoms with Gasteiger partial charge in [-0.25, -0.2) is 0 Å². The quantitative estimate of drug-likeness (QED) is 0.495. The van der Waals surface area contributed by atoms with Crippen molar-refractivity contribution >= 4 is 23.0 Å². The Hall–Kier alpha value is -1.59. The second kappa shape index (κ2) is 6.54. The minimum Gasteiger partial charge on any atom is -0.379 e.